The normalized spacial score (nSPS) is 13.3. The van der Waals surface area contributed by atoms with E-state index in [1.54, 1.807) is 6.07 Å². The molecule has 9 heteroatoms. The fourth-order valence-corrected chi connectivity index (χ4v) is 3.05. The Hall–Kier alpha value is -3.62. The second-order valence-electron chi connectivity index (χ2n) is 6.52. The smallest absolute Gasteiger partial charge is 0.416 e. The topological polar surface area (TPSA) is 53.4 Å². The zero-order valence-corrected chi connectivity index (χ0v) is 15.3. The molecule has 4 rings (SSSR count). The van der Waals surface area contributed by atoms with Gasteiger partial charge in [-0.2, -0.15) is 18.3 Å². The van der Waals surface area contributed by atoms with Gasteiger partial charge in [0.2, 0.25) is 0 Å². The Labute approximate surface area is 168 Å². The van der Waals surface area contributed by atoms with E-state index in [-0.39, 0.29) is 40.5 Å². The first-order valence-electron chi connectivity index (χ1n) is 8.80. The van der Waals surface area contributed by atoms with Crippen LogP contribution in [0.15, 0.2) is 54.4 Å². The molecule has 1 aliphatic rings. The lowest BCUT2D eigenvalue weighted by Crippen LogP contribution is -2.13. The van der Waals surface area contributed by atoms with Crippen LogP contribution in [0.25, 0.3) is 11.8 Å². The van der Waals surface area contributed by atoms with Crippen molar-refractivity contribution in [3.63, 3.8) is 0 Å². The minimum absolute atomic E-state index is 0.0125. The molecular formula is C21H14F4N2O3. The van der Waals surface area contributed by atoms with Crippen molar-refractivity contribution in [2.75, 3.05) is 6.61 Å². The molecule has 0 fully saturated rings. The van der Waals surface area contributed by atoms with Crippen LogP contribution in [0, 0.1) is 5.82 Å². The quantitative estimate of drug-likeness (QED) is 0.450. The van der Waals surface area contributed by atoms with Gasteiger partial charge in [-0.1, -0.05) is 6.07 Å². The third-order valence-corrected chi connectivity index (χ3v) is 4.50. The molecule has 3 aromatic rings. The summed E-state index contributed by atoms with van der Waals surface area (Å²) >= 11 is 0. The Kier molecular flexibility index (Phi) is 5.03. The van der Waals surface area contributed by atoms with Crippen LogP contribution in [0.5, 0.6) is 11.5 Å². The number of alkyl halides is 3. The monoisotopic (exact) mass is 418 g/mol. The van der Waals surface area contributed by atoms with Gasteiger partial charge in [-0.15, -0.1) is 0 Å². The molecule has 5 nitrogen and oxygen atoms in total. The predicted octanol–water partition coefficient (Wildman–Crippen LogP) is 4.58. The summed E-state index contributed by atoms with van der Waals surface area (Å²) in [5.74, 6) is -0.536. The Bertz CT molecular complexity index is 1120. The third kappa shape index (κ3) is 3.91. The molecule has 0 spiro atoms. The van der Waals surface area contributed by atoms with E-state index in [2.05, 4.69) is 5.10 Å². The number of aromatic nitrogens is 2. The van der Waals surface area contributed by atoms with Gasteiger partial charge in [0.1, 0.15) is 36.8 Å². The summed E-state index contributed by atoms with van der Waals surface area (Å²) < 4.78 is 67.1. The number of aldehydes is 1. The van der Waals surface area contributed by atoms with Gasteiger partial charge < -0.3 is 9.47 Å². The lowest BCUT2D eigenvalue weighted by molar-refractivity contribution is -0.138. The maximum absolute atomic E-state index is 14.3. The maximum Gasteiger partial charge on any atom is 0.416 e. The van der Waals surface area contributed by atoms with Crippen molar-refractivity contribution >= 4 is 12.4 Å². The second kappa shape index (κ2) is 7.66. The first kappa shape index (κ1) is 19.7. The van der Waals surface area contributed by atoms with Gasteiger partial charge in [0.05, 0.1) is 16.8 Å². The van der Waals surface area contributed by atoms with E-state index in [0.717, 1.165) is 12.1 Å². The molecule has 154 valence electrons. The van der Waals surface area contributed by atoms with Crippen LogP contribution in [0.1, 0.15) is 16.7 Å². The van der Waals surface area contributed by atoms with Crippen molar-refractivity contribution in [3.05, 3.63) is 76.9 Å². The van der Waals surface area contributed by atoms with Crippen LogP contribution in [0.3, 0.4) is 0 Å². The number of hydrogen-bond acceptors (Lipinski definition) is 4. The molecule has 1 aliphatic heterocycles. The van der Waals surface area contributed by atoms with Crippen molar-refractivity contribution in [1.82, 2.24) is 9.78 Å². The van der Waals surface area contributed by atoms with Gasteiger partial charge in [-0.3, -0.25) is 4.79 Å². The second-order valence-corrected chi connectivity index (χ2v) is 6.52. The maximum atomic E-state index is 14.3. The summed E-state index contributed by atoms with van der Waals surface area (Å²) in [5, 5.41) is 3.93. The zero-order chi connectivity index (χ0) is 21.3. The van der Waals surface area contributed by atoms with Crippen molar-refractivity contribution in [2.24, 2.45) is 0 Å². The summed E-state index contributed by atoms with van der Waals surface area (Å²) in [6.45, 7) is -0.450. The standard InChI is InChI=1S/C21H14F4N2O3/c22-19-8-16(9-20-17(19)6-13(10-28)11-30-20)29-12-14-2-3-15(27-5-1-4-26-27)7-18(14)21(23,24)25/h1-10H,11-12H2. The highest BCUT2D eigenvalue weighted by atomic mass is 19.4. The minimum Gasteiger partial charge on any atom is -0.489 e. The largest absolute Gasteiger partial charge is 0.489 e. The summed E-state index contributed by atoms with van der Waals surface area (Å²) in [6.07, 6.45) is 0.317. The molecule has 2 aromatic carbocycles. The number of nitrogens with zero attached hydrogens (tertiary/aromatic N) is 2. The Balaban J connectivity index is 1.60. The van der Waals surface area contributed by atoms with Gasteiger partial charge in [0, 0.05) is 35.7 Å². The van der Waals surface area contributed by atoms with E-state index >= 15 is 0 Å². The Morgan fingerprint density at radius 1 is 1.23 bits per heavy atom. The molecule has 0 atom stereocenters. The van der Waals surface area contributed by atoms with Gasteiger partial charge in [-0.25, -0.2) is 9.07 Å². The van der Waals surface area contributed by atoms with Crippen LogP contribution in [0.2, 0.25) is 0 Å². The number of halogens is 4. The molecular weight excluding hydrogens is 404 g/mol. The van der Waals surface area contributed by atoms with E-state index in [1.807, 2.05) is 0 Å². The molecule has 1 aromatic heterocycles. The van der Waals surface area contributed by atoms with E-state index in [4.69, 9.17) is 9.47 Å². The van der Waals surface area contributed by atoms with Crippen LogP contribution < -0.4 is 9.47 Å². The van der Waals surface area contributed by atoms with Gasteiger partial charge in [0.15, 0.2) is 0 Å². The molecule has 0 bridgehead atoms. The van der Waals surface area contributed by atoms with E-state index in [0.29, 0.717) is 6.29 Å². The Morgan fingerprint density at radius 2 is 2.07 bits per heavy atom. The molecule has 0 N–H and O–H groups in total. The van der Waals surface area contributed by atoms with Crippen LogP contribution in [0.4, 0.5) is 17.6 Å². The summed E-state index contributed by atoms with van der Waals surface area (Å²) in [6, 6.07) is 7.78. The SMILES string of the molecule is O=CC1=Cc2c(F)cc(OCc3ccc(-n4cccn4)cc3C(F)(F)F)cc2OC1. The van der Waals surface area contributed by atoms with Crippen LogP contribution in [-0.4, -0.2) is 22.7 Å². The third-order valence-electron chi connectivity index (χ3n) is 4.50. The predicted molar refractivity (Wildman–Crippen MR) is 98.8 cm³/mol. The minimum atomic E-state index is -4.61. The lowest BCUT2D eigenvalue weighted by Gasteiger charge is -2.18. The van der Waals surface area contributed by atoms with E-state index in [9.17, 15) is 22.4 Å². The number of fused-ring (bicyclic) bond motifs is 1. The molecule has 0 unspecified atom stereocenters. The number of carbonyl (C=O) groups is 1. The highest BCUT2D eigenvalue weighted by Crippen LogP contribution is 2.36. The first-order chi connectivity index (χ1) is 14.3. The summed E-state index contributed by atoms with van der Waals surface area (Å²) in [7, 11) is 0. The van der Waals surface area contributed by atoms with E-state index in [1.165, 1.54) is 41.4 Å². The van der Waals surface area contributed by atoms with Crippen molar-refractivity contribution in [1.29, 1.82) is 0 Å². The molecule has 0 saturated carbocycles. The van der Waals surface area contributed by atoms with Gasteiger partial charge >= 0.3 is 6.18 Å². The lowest BCUT2D eigenvalue weighted by atomic mass is 10.1. The summed E-state index contributed by atoms with van der Waals surface area (Å²) in [5.41, 5.74) is -0.358. The van der Waals surface area contributed by atoms with Crippen LogP contribution >= 0.6 is 0 Å². The number of hydrogen-bond donors (Lipinski definition) is 0. The van der Waals surface area contributed by atoms with Crippen molar-refractivity contribution in [3.8, 4) is 17.2 Å². The van der Waals surface area contributed by atoms with Gasteiger partial charge in [-0.05, 0) is 24.3 Å². The number of rotatable bonds is 5. The molecule has 0 amide bonds. The zero-order valence-electron chi connectivity index (χ0n) is 15.3. The molecule has 30 heavy (non-hydrogen) atoms. The Morgan fingerprint density at radius 3 is 2.77 bits per heavy atom. The molecule has 2 heterocycles. The molecule has 0 aliphatic carbocycles. The molecule has 0 radical (unpaired) electrons. The number of carbonyl (C=O) groups excluding carboxylic acids is 1. The molecule has 0 saturated heterocycles. The number of benzene rings is 2. The highest BCUT2D eigenvalue weighted by molar-refractivity contribution is 5.84. The van der Waals surface area contributed by atoms with Crippen molar-refractivity contribution in [2.45, 2.75) is 12.8 Å². The van der Waals surface area contributed by atoms with Crippen molar-refractivity contribution < 1.29 is 31.8 Å². The van der Waals surface area contributed by atoms with Crippen LogP contribution in [-0.2, 0) is 17.6 Å². The fourth-order valence-electron chi connectivity index (χ4n) is 3.05. The highest BCUT2D eigenvalue weighted by Gasteiger charge is 2.34. The average Bonchev–Trinajstić information content (AvgIpc) is 3.26. The number of ether oxygens (including phenoxy) is 2. The van der Waals surface area contributed by atoms with E-state index < -0.39 is 24.2 Å². The van der Waals surface area contributed by atoms with Gasteiger partial charge in [0.25, 0.3) is 0 Å². The fraction of sp³-hybridized carbons (Fsp3) is 0.143. The summed E-state index contributed by atoms with van der Waals surface area (Å²) in [4.78, 5) is 10.8. The first-order valence-corrected chi connectivity index (χ1v) is 8.80. The average molecular weight is 418 g/mol.